The van der Waals surface area contributed by atoms with Crippen LogP contribution in [-0.4, -0.2) is 28.9 Å². The number of hydrogen-bond donors (Lipinski definition) is 3. The number of carboxylic acid groups (broad SMARTS) is 1. The Kier molecular flexibility index (Phi) is 5.94. The van der Waals surface area contributed by atoms with E-state index >= 15 is 0 Å². The lowest BCUT2D eigenvalue weighted by molar-refractivity contribution is -0.146. The molecule has 0 radical (unpaired) electrons. The first kappa shape index (κ1) is 19.1. The Balaban J connectivity index is 1.66. The highest BCUT2D eigenvalue weighted by Gasteiger charge is 2.34. The summed E-state index contributed by atoms with van der Waals surface area (Å²) in [6, 6.07) is 5.42. The summed E-state index contributed by atoms with van der Waals surface area (Å²) < 4.78 is 0. The van der Waals surface area contributed by atoms with Crippen molar-refractivity contribution < 1.29 is 19.5 Å². The second-order valence-electron chi connectivity index (χ2n) is 7.47. The zero-order chi connectivity index (χ0) is 19.4. The molecule has 0 bridgehead atoms. The molecule has 0 unspecified atom stereocenters. The number of anilines is 1. The Labute approximate surface area is 159 Å². The largest absolute Gasteiger partial charge is 0.481 e. The first-order valence-electron chi connectivity index (χ1n) is 9.56. The number of amides is 2. The summed E-state index contributed by atoms with van der Waals surface area (Å²) in [5.74, 6) is -2.62. The van der Waals surface area contributed by atoms with Gasteiger partial charge in [0.05, 0.1) is 11.8 Å². The second-order valence-corrected chi connectivity index (χ2v) is 7.47. The smallest absolute Gasteiger partial charge is 0.307 e. The third-order valence-corrected chi connectivity index (χ3v) is 5.52. The first-order valence-corrected chi connectivity index (χ1v) is 9.56. The van der Waals surface area contributed by atoms with Crippen LogP contribution in [0.2, 0.25) is 0 Å². The number of benzene rings is 1. The summed E-state index contributed by atoms with van der Waals surface area (Å²) in [4.78, 5) is 36.4. The van der Waals surface area contributed by atoms with E-state index in [0.717, 1.165) is 31.2 Å². The molecule has 6 nitrogen and oxygen atoms in total. The van der Waals surface area contributed by atoms with Crippen LogP contribution in [0.1, 0.15) is 54.4 Å². The SMILES string of the molecule is Cc1cc(C(=O)NC2CCCC2)ccc1NC(=O)[C@@H]1CC=CC[C@@H]1C(=O)O. The molecular weight excluding hydrogens is 344 g/mol. The average molecular weight is 370 g/mol. The van der Waals surface area contributed by atoms with Gasteiger partial charge in [-0.25, -0.2) is 0 Å². The van der Waals surface area contributed by atoms with E-state index in [2.05, 4.69) is 10.6 Å². The molecular formula is C21H26N2O4. The number of aliphatic carboxylic acids is 1. The number of nitrogens with one attached hydrogen (secondary N) is 2. The van der Waals surface area contributed by atoms with Gasteiger partial charge in [0, 0.05) is 17.3 Å². The third kappa shape index (κ3) is 4.56. The zero-order valence-corrected chi connectivity index (χ0v) is 15.5. The highest BCUT2D eigenvalue weighted by atomic mass is 16.4. The maximum atomic E-state index is 12.6. The monoisotopic (exact) mass is 370 g/mol. The van der Waals surface area contributed by atoms with Crippen LogP contribution in [0.15, 0.2) is 30.4 Å². The summed E-state index contributed by atoms with van der Waals surface area (Å²) in [5, 5.41) is 15.2. The molecule has 2 amide bonds. The Hall–Kier alpha value is -2.63. The van der Waals surface area contributed by atoms with E-state index in [1.54, 1.807) is 18.2 Å². The van der Waals surface area contributed by atoms with E-state index in [1.165, 1.54) is 0 Å². The maximum Gasteiger partial charge on any atom is 0.307 e. The Bertz CT molecular complexity index is 765. The number of carbonyl (C=O) groups is 3. The molecule has 1 saturated carbocycles. The zero-order valence-electron chi connectivity index (χ0n) is 15.5. The minimum absolute atomic E-state index is 0.0914. The number of carboxylic acids is 1. The van der Waals surface area contributed by atoms with Crippen molar-refractivity contribution in [2.24, 2.45) is 11.8 Å². The fourth-order valence-corrected chi connectivity index (χ4v) is 3.89. The Morgan fingerprint density at radius 1 is 1.04 bits per heavy atom. The van der Waals surface area contributed by atoms with Crippen LogP contribution < -0.4 is 10.6 Å². The third-order valence-electron chi connectivity index (χ3n) is 5.52. The van der Waals surface area contributed by atoms with Gasteiger partial charge in [-0.15, -0.1) is 0 Å². The van der Waals surface area contributed by atoms with Crippen LogP contribution >= 0.6 is 0 Å². The van der Waals surface area contributed by atoms with E-state index in [0.29, 0.717) is 24.1 Å². The Morgan fingerprint density at radius 3 is 2.33 bits per heavy atom. The van der Waals surface area contributed by atoms with Gasteiger partial charge in [-0.05, 0) is 56.4 Å². The number of rotatable bonds is 5. The van der Waals surface area contributed by atoms with Crippen molar-refractivity contribution in [2.75, 3.05) is 5.32 Å². The molecule has 27 heavy (non-hydrogen) atoms. The molecule has 2 aliphatic carbocycles. The second kappa shape index (κ2) is 8.37. The van der Waals surface area contributed by atoms with Gasteiger partial charge < -0.3 is 15.7 Å². The number of carbonyl (C=O) groups excluding carboxylic acids is 2. The van der Waals surface area contributed by atoms with Gasteiger partial charge in [0.2, 0.25) is 5.91 Å². The lowest BCUT2D eigenvalue weighted by Gasteiger charge is -2.24. The Morgan fingerprint density at radius 2 is 1.70 bits per heavy atom. The molecule has 0 heterocycles. The van der Waals surface area contributed by atoms with Crippen LogP contribution in [0.25, 0.3) is 0 Å². The van der Waals surface area contributed by atoms with Crippen molar-refractivity contribution >= 4 is 23.5 Å². The van der Waals surface area contributed by atoms with Gasteiger partial charge in [0.15, 0.2) is 0 Å². The molecule has 2 atom stereocenters. The number of aryl methyl sites for hydroxylation is 1. The normalized spacial score (nSPS) is 22.4. The number of allylic oxidation sites excluding steroid dienone is 2. The maximum absolute atomic E-state index is 12.6. The molecule has 1 aromatic carbocycles. The van der Waals surface area contributed by atoms with Gasteiger partial charge in [-0.3, -0.25) is 14.4 Å². The summed E-state index contributed by atoms with van der Waals surface area (Å²) >= 11 is 0. The van der Waals surface area contributed by atoms with E-state index < -0.39 is 17.8 Å². The van der Waals surface area contributed by atoms with Crippen LogP contribution in [0.4, 0.5) is 5.69 Å². The van der Waals surface area contributed by atoms with Crippen LogP contribution in [0, 0.1) is 18.8 Å². The minimum Gasteiger partial charge on any atom is -0.481 e. The van der Waals surface area contributed by atoms with E-state index in [4.69, 9.17) is 0 Å². The molecule has 0 spiro atoms. The predicted octanol–water partition coefficient (Wildman–Crippen LogP) is 3.27. The average Bonchev–Trinajstić information content (AvgIpc) is 3.16. The van der Waals surface area contributed by atoms with E-state index in [9.17, 15) is 19.5 Å². The highest BCUT2D eigenvalue weighted by Crippen LogP contribution is 2.28. The lowest BCUT2D eigenvalue weighted by atomic mass is 9.82. The lowest BCUT2D eigenvalue weighted by Crippen LogP contribution is -2.35. The molecule has 0 saturated heterocycles. The molecule has 0 aromatic heterocycles. The summed E-state index contributed by atoms with van der Waals surface area (Å²) in [5.41, 5.74) is 1.96. The summed E-state index contributed by atoms with van der Waals surface area (Å²) in [6.07, 6.45) is 8.82. The summed E-state index contributed by atoms with van der Waals surface area (Å²) in [7, 11) is 0. The van der Waals surface area contributed by atoms with Crippen molar-refractivity contribution in [1.82, 2.24) is 5.32 Å². The highest BCUT2D eigenvalue weighted by molar-refractivity contribution is 5.98. The van der Waals surface area contributed by atoms with Crippen molar-refractivity contribution in [3.8, 4) is 0 Å². The first-order chi connectivity index (χ1) is 13.0. The molecule has 6 heteroatoms. The van der Waals surface area contributed by atoms with Gasteiger partial charge in [-0.2, -0.15) is 0 Å². The fraction of sp³-hybridized carbons (Fsp3) is 0.476. The van der Waals surface area contributed by atoms with Crippen molar-refractivity contribution in [1.29, 1.82) is 0 Å². The quantitative estimate of drug-likeness (QED) is 0.693. The van der Waals surface area contributed by atoms with Crippen LogP contribution in [-0.2, 0) is 9.59 Å². The predicted molar refractivity (Wildman–Crippen MR) is 103 cm³/mol. The van der Waals surface area contributed by atoms with Crippen LogP contribution in [0.3, 0.4) is 0 Å². The van der Waals surface area contributed by atoms with Gasteiger partial charge >= 0.3 is 5.97 Å². The summed E-state index contributed by atoms with van der Waals surface area (Å²) in [6.45, 7) is 1.83. The topological polar surface area (TPSA) is 95.5 Å². The van der Waals surface area contributed by atoms with E-state index in [1.807, 2.05) is 19.1 Å². The molecule has 3 N–H and O–H groups in total. The van der Waals surface area contributed by atoms with Crippen LogP contribution in [0.5, 0.6) is 0 Å². The molecule has 0 aliphatic heterocycles. The standard InChI is InChI=1S/C21H26N2O4/c1-13-12-14(19(24)22-15-6-2-3-7-15)10-11-18(13)23-20(25)16-8-4-5-9-17(16)21(26)27/h4-5,10-12,15-17H,2-3,6-9H2,1H3,(H,22,24)(H,23,25)(H,26,27)/t16-,17+/m1/s1. The molecule has 144 valence electrons. The molecule has 2 aliphatic rings. The molecule has 3 rings (SSSR count). The van der Waals surface area contributed by atoms with Gasteiger partial charge in [-0.1, -0.05) is 25.0 Å². The molecule has 1 fully saturated rings. The van der Waals surface area contributed by atoms with Crippen molar-refractivity contribution in [2.45, 2.75) is 51.5 Å². The van der Waals surface area contributed by atoms with Crippen molar-refractivity contribution in [3.63, 3.8) is 0 Å². The van der Waals surface area contributed by atoms with Crippen molar-refractivity contribution in [3.05, 3.63) is 41.5 Å². The van der Waals surface area contributed by atoms with Gasteiger partial charge in [0.1, 0.15) is 0 Å². The fourth-order valence-electron chi connectivity index (χ4n) is 3.89. The number of hydrogen-bond acceptors (Lipinski definition) is 3. The molecule has 1 aromatic rings. The van der Waals surface area contributed by atoms with E-state index in [-0.39, 0.29) is 17.9 Å². The minimum atomic E-state index is -0.949. The van der Waals surface area contributed by atoms with Gasteiger partial charge in [0.25, 0.3) is 5.91 Å².